The molecule has 1 aliphatic rings. The molecule has 2 N–H and O–H groups in total. The third-order valence-corrected chi connectivity index (χ3v) is 6.25. The number of benzene rings is 2. The van der Waals surface area contributed by atoms with Gasteiger partial charge in [-0.3, -0.25) is 9.59 Å². The highest BCUT2D eigenvalue weighted by molar-refractivity contribution is 5.86. The van der Waals surface area contributed by atoms with Crippen molar-refractivity contribution in [3.05, 3.63) is 59.7 Å². The number of fused-ring (bicyclic) bond motifs is 3. The van der Waals surface area contributed by atoms with E-state index < -0.39 is 42.7 Å². The summed E-state index contributed by atoms with van der Waals surface area (Å²) in [6, 6.07) is 15.6. The van der Waals surface area contributed by atoms with Crippen LogP contribution in [-0.2, 0) is 14.3 Å². The zero-order valence-electron chi connectivity index (χ0n) is 19.4. The molecule has 0 fully saturated rings. The highest BCUT2D eigenvalue weighted by Gasteiger charge is 2.41. The highest BCUT2D eigenvalue weighted by Crippen LogP contribution is 2.44. The van der Waals surface area contributed by atoms with E-state index in [0.717, 1.165) is 22.3 Å². The molecule has 0 aliphatic heterocycles. The molecule has 0 saturated heterocycles. The maximum Gasteiger partial charge on any atom is 0.407 e. The SMILES string of the molecule is CCC(C)(CNC(=O)OCC1c2ccccc2-c2ccccc21)C(=O)N(CC(=O)O)CC(F)(F)F. The standard InChI is InChI=1S/C25H27F3N2O5/c1-3-24(2,22(33)30(12-21(31)32)15-25(26,27)28)14-29-23(34)35-13-20-18-10-6-4-8-16(18)17-9-5-7-11-19(17)20/h4-11,20H,3,12-15H2,1-2H3,(H,29,34)(H,31,32). The smallest absolute Gasteiger partial charge is 0.407 e. The van der Waals surface area contributed by atoms with Gasteiger partial charge in [0.1, 0.15) is 19.7 Å². The molecule has 0 spiro atoms. The van der Waals surface area contributed by atoms with Crippen LogP contribution < -0.4 is 5.32 Å². The Balaban J connectivity index is 1.65. The number of hydrogen-bond acceptors (Lipinski definition) is 4. The fourth-order valence-electron chi connectivity index (χ4n) is 4.23. The van der Waals surface area contributed by atoms with Crippen molar-refractivity contribution >= 4 is 18.0 Å². The third-order valence-electron chi connectivity index (χ3n) is 6.25. The number of hydrogen-bond donors (Lipinski definition) is 2. The van der Waals surface area contributed by atoms with Crippen molar-refractivity contribution in [2.75, 3.05) is 26.2 Å². The van der Waals surface area contributed by atoms with E-state index in [0.29, 0.717) is 0 Å². The fourth-order valence-corrected chi connectivity index (χ4v) is 4.23. The Morgan fingerprint density at radius 3 is 2.06 bits per heavy atom. The molecule has 2 aromatic rings. The van der Waals surface area contributed by atoms with Crippen LogP contribution in [0.25, 0.3) is 11.1 Å². The largest absolute Gasteiger partial charge is 0.480 e. The number of carbonyl (C=O) groups excluding carboxylic acids is 2. The fraction of sp³-hybridized carbons (Fsp3) is 0.400. The number of amides is 2. The molecule has 0 radical (unpaired) electrons. The third kappa shape index (κ3) is 6.12. The Kier molecular flexibility index (Phi) is 7.72. The first-order valence-electron chi connectivity index (χ1n) is 11.1. The molecule has 0 heterocycles. The van der Waals surface area contributed by atoms with Gasteiger partial charge in [0.05, 0.1) is 5.41 Å². The van der Waals surface area contributed by atoms with Crippen LogP contribution >= 0.6 is 0 Å². The molecule has 10 heteroatoms. The van der Waals surface area contributed by atoms with E-state index in [4.69, 9.17) is 9.84 Å². The molecule has 1 atom stereocenters. The molecule has 2 aromatic carbocycles. The zero-order chi connectivity index (χ0) is 25.8. The molecule has 2 amide bonds. The molecular weight excluding hydrogens is 465 g/mol. The van der Waals surface area contributed by atoms with Crippen LogP contribution in [0, 0.1) is 5.41 Å². The van der Waals surface area contributed by atoms with Gasteiger partial charge >= 0.3 is 18.2 Å². The van der Waals surface area contributed by atoms with Crippen molar-refractivity contribution in [2.45, 2.75) is 32.4 Å². The van der Waals surface area contributed by atoms with Gasteiger partial charge in [-0.05, 0) is 35.6 Å². The summed E-state index contributed by atoms with van der Waals surface area (Å²) >= 11 is 0. The Morgan fingerprint density at radius 1 is 1.03 bits per heavy atom. The summed E-state index contributed by atoms with van der Waals surface area (Å²) in [7, 11) is 0. The van der Waals surface area contributed by atoms with Crippen LogP contribution in [0.15, 0.2) is 48.5 Å². The van der Waals surface area contributed by atoms with E-state index in [-0.39, 0.29) is 30.4 Å². The van der Waals surface area contributed by atoms with Gasteiger partial charge in [0.25, 0.3) is 0 Å². The van der Waals surface area contributed by atoms with Gasteiger partial charge in [0.15, 0.2) is 0 Å². The lowest BCUT2D eigenvalue weighted by Crippen LogP contribution is -2.52. The molecule has 0 saturated carbocycles. The summed E-state index contributed by atoms with van der Waals surface area (Å²) in [4.78, 5) is 36.5. The van der Waals surface area contributed by atoms with Crippen LogP contribution in [-0.4, -0.2) is 60.4 Å². The average molecular weight is 492 g/mol. The summed E-state index contributed by atoms with van der Waals surface area (Å²) < 4.78 is 44.1. The molecule has 3 rings (SSSR count). The Labute approximate surface area is 200 Å². The van der Waals surface area contributed by atoms with E-state index in [1.165, 1.54) is 6.92 Å². The van der Waals surface area contributed by atoms with Gasteiger partial charge < -0.3 is 20.1 Å². The van der Waals surface area contributed by atoms with Crippen molar-refractivity contribution < 1.29 is 37.4 Å². The van der Waals surface area contributed by atoms with E-state index in [1.54, 1.807) is 6.92 Å². The zero-order valence-corrected chi connectivity index (χ0v) is 19.4. The lowest BCUT2D eigenvalue weighted by Gasteiger charge is -2.33. The van der Waals surface area contributed by atoms with Gasteiger partial charge in [-0.15, -0.1) is 0 Å². The summed E-state index contributed by atoms with van der Waals surface area (Å²) in [5.74, 6) is -2.76. The second-order valence-electron chi connectivity index (χ2n) is 8.76. The van der Waals surface area contributed by atoms with Crippen LogP contribution in [0.2, 0.25) is 0 Å². The summed E-state index contributed by atoms with van der Waals surface area (Å²) in [6.07, 6.45) is -5.51. The van der Waals surface area contributed by atoms with Crippen molar-refractivity contribution in [3.8, 4) is 11.1 Å². The van der Waals surface area contributed by atoms with Gasteiger partial charge in [-0.2, -0.15) is 13.2 Å². The van der Waals surface area contributed by atoms with Crippen LogP contribution in [0.1, 0.15) is 37.3 Å². The maximum absolute atomic E-state index is 12.9. The Bertz CT molecular complexity index is 1060. The van der Waals surface area contributed by atoms with Crippen LogP contribution in [0.5, 0.6) is 0 Å². The number of alkyl carbamates (subject to hydrolysis) is 1. The molecule has 7 nitrogen and oxygen atoms in total. The Morgan fingerprint density at radius 2 is 1.57 bits per heavy atom. The number of alkyl halides is 3. The van der Waals surface area contributed by atoms with Crippen molar-refractivity contribution in [2.24, 2.45) is 5.41 Å². The summed E-state index contributed by atoms with van der Waals surface area (Å²) in [5, 5.41) is 11.4. The minimum absolute atomic E-state index is 0.0376. The minimum Gasteiger partial charge on any atom is -0.480 e. The monoisotopic (exact) mass is 492 g/mol. The van der Waals surface area contributed by atoms with E-state index >= 15 is 0 Å². The van der Waals surface area contributed by atoms with Crippen molar-refractivity contribution in [1.82, 2.24) is 10.2 Å². The Hall–Kier alpha value is -3.56. The summed E-state index contributed by atoms with van der Waals surface area (Å²) in [5.41, 5.74) is 2.71. The molecule has 1 unspecified atom stereocenters. The number of nitrogens with zero attached hydrogens (tertiary/aromatic N) is 1. The molecule has 0 aromatic heterocycles. The number of carboxylic acid groups (broad SMARTS) is 1. The molecule has 1 aliphatic carbocycles. The number of rotatable bonds is 9. The lowest BCUT2D eigenvalue weighted by molar-refractivity contribution is -0.171. The quantitative estimate of drug-likeness (QED) is 0.541. The maximum atomic E-state index is 12.9. The topological polar surface area (TPSA) is 95.9 Å². The second kappa shape index (κ2) is 10.4. The molecule has 0 bridgehead atoms. The summed E-state index contributed by atoms with van der Waals surface area (Å²) in [6.45, 7) is -0.117. The van der Waals surface area contributed by atoms with E-state index in [1.807, 2.05) is 48.5 Å². The van der Waals surface area contributed by atoms with Gasteiger partial charge in [0.2, 0.25) is 5.91 Å². The predicted octanol–water partition coefficient (Wildman–Crippen LogP) is 4.42. The second-order valence-corrected chi connectivity index (χ2v) is 8.76. The lowest BCUT2D eigenvalue weighted by atomic mass is 9.85. The number of carboxylic acids is 1. The first-order valence-corrected chi connectivity index (χ1v) is 11.1. The van der Waals surface area contributed by atoms with Crippen LogP contribution in [0.3, 0.4) is 0 Å². The minimum atomic E-state index is -4.76. The normalized spacial score (nSPS) is 14.4. The highest BCUT2D eigenvalue weighted by atomic mass is 19.4. The van der Waals surface area contributed by atoms with Gasteiger partial charge in [-0.1, -0.05) is 55.5 Å². The van der Waals surface area contributed by atoms with E-state index in [9.17, 15) is 27.6 Å². The molecule has 188 valence electrons. The molecular formula is C25H27F3N2O5. The molecule has 35 heavy (non-hydrogen) atoms. The number of halogens is 3. The van der Waals surface area contributed by atoms with Gasteiger partial charge in [-0.25, -0.2) is 4.79 Å². The first kappa shape index (κ1) is 26.1. The number of aliphatic carboxylic acids is 1. The van der Waals surface area contributed by atoms with E-state index in [2.05, 4.69) is 5.32 Å². The number of nitrogens with one attached hydrogen (secondary N) is 1. The number of carbonyl (C=O) groups is 3. The predicted molar refractivity (Wildman–Crippen MR) is 122 cm³/mol. The van der Waals surface area contributed by atoms with Gasteiger partial charge in [0, 0.05) is 12.5 Å². The average Bonchev–Trinajstić information content (AvgIpc) is 3.13. The van der Waals surface area contributed by atoms with Crippen LogP contribution in [0.4, 0.5) is 18.0 Å². The van der Waals surface area contributed by atoms with Crippen molar-refractivity contribution in [3.63, 3.8) is 0 Å². The first-order chi connectivity index (χ1) is 16.4. The van der Waals surface area contributed by atoms with Crippen molar-refractivity contribution in [1.29, 1.82) is 0 Å². The number of ether oxygens (including phenoxy) is 1.